The Morgan fingerprint density at radius 2 is 1.74 bits per heavy atom. The summed E-state index contributed by atoms with van der Waals surface area (Å²) in [6, 6.07) is 15.4. The van der Waals surface area contributed by atoms with Crippen LogP contribution in [0.4, 0.5) is 6.01 Å². The lowest BCUT2D eigenvalue weighted by molar-refractivity contribution is 0.171. The molecular weight excluding hydrogens is 294 g/mol. The number of hydrogen-bond acceptors (Lipinski definition) is 6. The highest BCUT2D eigenvalue weighted by Gasteiger charge is 2.15. The second-order valence-electron chi connectivity index (χ2n) is 4.92. The first-order valence-electron chi connectivity index (χ1n) is 7.21. The van der Waals surface area contributed by atoms with Gasteiger partial charge in [0, 0.05) is 11.8 Å². The predicted molar refractivity (Wildman–Crippen MR) is 84.4 cm³/mol. The second-order valence-corrected chi connectivity index (χ2v) is 4.92. The van der Waals surface area contributed by atoms with Gasteiger partial charge in [0.05, 0.1) is 0 Å². The quantitative estimate of drug-likeness (QED) is 0.695. The van der Waals surface area contributed by atoms with Crippen molar-refractivity contribution in [2.45, 2.75) is 0 Å². The molecule has 2 heterocycles. The van der Waals surface area contributed by atoms with E-state index in [0.717, 1.165) is 16.9 Å². The van der Waals surface area contributed by atoms with Crippen molar-refractivity contribution in [1.82, 2.24) is 10.2 Å². The van der Waals surface area contributed by atoms with Crippen LogP contribution in [0.25, 0.3) is 11.5 Å². The number of benzene rings is 2. The SMILES string of the molecule is C(=N\c1nnc(-c2ccc3c(c2)OCCO3)o1)/c1ccccc1. The van der Waals surface area contributed by atoms with Gasteiger partial charge in [0.1, 0.15) is 13.2 Å². The Balaban J connectivity index is 1.57. The number of fused-ring (bicyclic) bond motifs is 1. The average molecular weight is 307 g/mol. The molecule has 2 aromatic carbocycles. The summed E-state index contributed by atoms with van der Waals surface area (Å²) in [5.41, 5.74) is 1.73. The van der Waals surface area contributed by atoms with E-state index in [1.807, 2.05) is 48.5 Å². The molecule has 6 nitrogen and oxygen atoms in total. The minimum atomic E-state index is 0.207. The van der Waals surface area contributed by atoms with E-state index in [2.05, 4.69) is 15.2 Å². The lowest BCUT2D eigenvalue weighted by atomic mass is 10.2. The third-order valence-corrected chi connectivity index (χ3v) is 3.33. The molecule has 114 valence electrons. The van der Waals surface area contributed by atoms with Crippen LogP contribution in [0.3, 0.4) is 0 Å². The molecule has 0 atom stereocenters. The first kappa shape index (κ1) is 13.5. The fourth-order valence-electron chi connectivity index (χ4n) is 2.23. The Kier molecular flexibility index (Phi) is 3.48. The van der Waals surface area contributed by atoms with Crippen molar-refractivity contribution in [1.29, 1.82) is 0 Å². The Hall–Kier alpha value is -3.15. The van der Waals surface area contributed by atoms with Crippen LogP contribution in [0.1, 0.15) is 5.56 Å². The number of hydrogen-bond donors (Lipinski definition) is 0. The van der Waals surface area contributed by atoms with E-state index >= 15 is 0 Å². The zero-order valence-electron chi connectivity index (χ0n) is 12.2. The fraction of sp³-hybridized carbons (Fsp3) is 0.118. The largest absolute Gasteiger partial charge is 0.486 e. The van der Waals surface area contributed by atoms with Crippen LogP contribution in [0.2, 0.25) is 0 Å². The molecule has 4 rings (SSSR count). The number of ether oxygens (including phenoxy) is 2. The van der Waals surface area contributed by atoms with Gasteiger partial charge in [-0.2, -0.15) is 0 Å². The van der Waals surface area contributed by atoms with Crippen molar-refractivity contribution in [3.8, 4) is 23.0 Å². The average Bonchev–Trinajstić information content (AvgIpc) is 3.09. The molecule has 0 saturated carbocycles. The molecule has 0 bridgehead atoms. The molecule has 0 spiro atoms. The summed E-state index contributed by atoms with van der Waals surface area (Å²) in [4.78, 5) is 4.19. The molecule has 0 amide bonds. The smallest absolute Gasteiger partial charge is 0.342 e. The molecule has 3 aromatic rings. The molecular formula is C17H13N3O3. The van der Waals surface area contributed by atoms with Gasteiger partial charge in [-0.15, -0.1) is 5.10 Å². The van der Waals surface area contributed by atoms with Crippen LogP contribution in [0.15, 0.2) is 57.9 Å². The highest BCUT2D eigenvalue weighted by atomic mass is 16.6. The topological polar surface area (TPSA) is 69.7 Å². The van der Waals surface area contributed by atoms with Crippen molar-refractivity contribution >= 4 is 12.2 Å². The van der Waals surface area contributed by atoms with Gasteiger partial charge in [-0.25, -0.2) is 4.99 Å². The van der Waals surface area contributed by atoms with Gasteiger partial charge >= 0.3 is 6.01 Å². The summed E-state index contributed by atoms with van der Waals surface area (Å²) in [5.74, 6) is 1.80. The third kappa shape index (κ3) is 2.91. The maximum Gasteiger partial charge on any atom is 0.342 e. The minimum Gasteiger partial charge on any atom is -0.486 e. The summed E-state index contributed by atoms with van der Waals surface area (Å²) in [6.45, 7) is 1.10. The summed E-state index contributed by atoms with van der Waals surface area (Å²) in [5, 5.41) is 7.95. The Morgan fingerprint density at radius 1 is 0.913 bits per heavy atom. The molecule has 1 aromatic heterocycles. The summed E-state index contributed by atoms with van der Waals surface area (Å²) >= 11 is 0. The lowest BCUT2D eigenvalue weighted by Gasteiger charge is -2.18. The predicted octanol–water partition coefficient (Wildman–Crippen LogP) is 3.26. The highest BCUT2D eigenvalue weighted by Crippen LogP contribution is 2.34. The van der Waals surface area contributed by atoms with E-state index in [0.29, 0.717) is 24.9 Å². The van der Waals surface area contributed by atoms with E-state index in [-0.39, 0.29) is 6.01 Å². The van der Waals surface area contributed by atoms with Gasteiger partial charge in [-0.3, -0.25) is 0 Å². The van der Waals surface area contributed by atoms with E-state index < -0.39 is 0 Å². The monoisotopic (exact) mass is 307 g/mol. The van der Waals surface area contributed by atoms with Crippen molar-refractivity contribution in [3.63, 3.8) is 0 Å². The van der Waals surface area contributed by atoms with E-state index in [1.54, 1.807) is 6.21 Å². The molecule has 0 radical (unpaired) electrons. The van der Waals surface area contributed by atoms with Crippen LogP contribution in [0.5, 0.6) is 11.5 Å². The fourth-order valence-corrected chi connectivity index (χ4v) is 2.23. The van der Waals surface area contributed by atoms with E-state index in [9.17, 15) is 0 Å². The van der Waals surface area contributed by atoms with E-state index in [1.165, 1.54) is 0 Å². The molecule has 0 fully saturated rings. The van der Waals surface area contributed by atoms with Crippen molar-refractivity contribution in [3.05, 3.63) is 54.1 Å². The first-order chi connectivity index (χ1) is 11.4. The Bertz CT molecular complexity index is 843. The van der Waals surface area contributed by atoms with Gasteiger partial charge in [0.25, 0.3) is 0 Å². The van der Waals surface area contributed by atoms with Crippen molar-refractivity contribution < 1.29 is 13.9 Å². The molecule has 6 heteroatoms. The third-order valence-electron chi connectivity index (χ3n) is 3.33. The van der Waals surface area contributed by atoms with Crippen molar-refractivity contribution in [2.24, 2.45) is 4.99 Å². The molecule has 0 aliphatic carbocycles. The molecule has 1 aliphatic heterocycles. The zero-order valence-corrected chi connectivity index (χ0v) is 12.2. The number of aromatic nitrogens is 2. The minimum absolute atomic E-state index is 0.207. The molecule has 0 unspecified atom stereocenters. The molecule has 0 saturated heterocycles. The van der Waals surface area contributed by atoms with Gasteiger partial charge in [0.2, 0.25) is 5.89 Å². The number of aliphatic imine (C=N–C) groups is 1. The highest BCUT2D eigenvalue weighted by molar-refractivity contribution is 5.80. The first-order valence-corrected chi connectivity index (χ1v) is 7.21. The van der Waals surface area contributed by atoms with Crippen LogP contribution in [-0.4, -0.2) is 29.6 Å². The lowest BCUT2D eigenvalue weighted by Crippen LogP contribution is -2.15. The normalized spacial score (nSPS) is 13.4. The van der Waals surface area contributed by atoms with Crippen LogP contribution in [-0.2, 0) is 0 Å². The summed E-state index contributed by atoms with van der Waals surface area (Å²) in [7, 11) is 0. The number of rotatable bonds is 3. The summed E-state index contributed by atoms with van der Waals surface area (Å²) in [6.07, 6.45) is 1.68. The van der Waals surface area contributed by atoms with Gasteiger partial charge < -0.3 is 13.9 Å². The zero-order chi connectivity index (χ0) is 15.5. The standard InChI is InChI=1S/C17H13N3O3/c1-2-4-12(5-3-1)11-18-17-20-19-16(23-17)13-6-7-14-15(10-13)22-9-8-21-14/h1-7,10-11H,8-9H2/b18-11+. The van der Waals surface area contributed by atoms with Gasteiger partial charge in [-0.05, 0) is 23.8 Å². The van der Waals surface area contributed by atoms with Gasteiger partial charge in [-0.1, -0.05) is 35.4 Å². The molecule has 23 heavy (non-hydrogen) atoms. The second kappa shape index (κ2) is 5.92. The van der Waals surface area contributed by atoms with Gasteiger partial charge in [0.15, 0.2) is 11.5 Å². The van der Waals surface area contributed by atoms with Crippen LogP contribution < -0.4 is 9.47 Å². The van der Waals surface area contributed by atoms with E-state index in [4.69, 9.17) is 13.9 Å². The summed E-state index contributed by atoms with van der Waals surface area (Å²) < 4.78 is 16.6. The van der Waals surface area contributed by atoms with Crippen LogP contribution >= 0.6 is 0 Å². The number of nitrogens with zero attached hydrogens (tertiary/aromatic N) is 3. The maximum atomic E-state index is 5.57. The Morgan fingerprint density at radius 3 is 2.61 bits per heavy atom. The maximum absolute atomic E-state index is 5.57. The molecule has 0 N–H and O–H groups in total. The molecule has 1 aliphatic rings. The Labute approximate surface area is 132 Å². The van der Waals surface area contributed by atoms with Crippen molar-refractivity contribution in [2.75, 3.05) is 13.2 Å². The van der Waals surface area contributed by atoms with Crippen LogP contribution in [0, 0.1) is 0 Å².